The summed E-state index contributed by atoms with van der Waals surface area (Å²) in [5.41, 5.74) is 0. The molecule has 0 heterocycles. The molecular weight excluding hydrogens is 194 g/mol. The summed E-state index contributed by atoms with van der Waals surface area (Å²) < 4.78 is 0. The molecule has 0 spiro atoms. The topological polar surface area (TPSA) is 32.3 Å². The standard InChI is InChI=1S/C11H21NOS/c1-2-8-14-9-7-12-10-5-3-4-6-11(10)13/h2,10-13H,1,3-9H2/t10-,11-/m0/s1. The van der Waals surface area contributed by atoms with Gasteiger partial charge in [0.1, 0.15) is 0 Å². The summed E-state index contributed by atoms with van der Waals surface area (Å²) in [5.74, 6) is 2.13. The molecule has 0 saturated heterocycles. The van der Waals surface area contributed by atoms with Gasteiger partial charge in [-0.1, -0.05) is 18.9 Å². The first-order chi connectivity index (χ1) is 6.84. The van der Waals surface area contributed by atoms with E-state index in [4.69, 9.17) is 0 Å². The van der Waals surface area contributed by atoms with Crippen LogP contribution in [0.25, 0.3) is 0 Å². The van der Waals surface area contributed by atoms with Crippen LogP contribution in [0.5, 0.6) is 0 Å². The summed E-state index contributed by atoms with van der Waals surface area (Å²) >= 11 is 1.88. The van der Waals surface area contributed by atoms with Gasteiger partial charge in [0.2, 0.25) is 0 Å². The van der Waals surface area contributed by atoms with Crippen LogP contribution in [0.15, 0.2) is 12.7 Å². The minimum atomic E-state index is -0.117. The summed E-state index contributed by atoms with van der Waals surface area (Å²) in [4.78, 5) is 0. The van der Waals surface area contributed by atoms with Crippen molar-refractivity contribution in [1.29, 1.82) is 0 Å². The van der Waals surface area contributed by atoms with Crippen LogP contribution in [0.2, 0.25) is 0 Å². The molecular formula is C11H21NOS. The largest absolute Gasteiger partial charge is 0.392 e. The van der Waals surface area contributed by atoms with E-state index in [2.05, 4.69) is 11.9 Å². The van der Waals surface area contributed by atoms with Crippen molar-refractivity contribution in [3.8, 4) is 0 Å². The zero-order chi connectivity index (χ0) is 10.2. The highest BCUT2D eigenvalue weighted by atomic mass is 32.2. The fraction of sp³-hybridized carbons (Fsp3) is 0.818. The van der Waals surface area contributed by atoms with Crippen LogP contribution in [-0.2, 0) is 0 Å². The van der Waals surface area contributed by atoms with Crippen LogP contribution >= 0.6 is 11.8 Å². The van der Waals surface area contributed by atoms with Gasteiger partial charge >= 0.3 is 0 Å². The lowest BCUT2D eigenvalue weighted by molar-refractivity contribution is 0.0921. The molecule has 2 nitrogen and oxygen atoms in total. The molecule has 3 heteroatoms. The van der Waals surface area contributed by atoms with Gasteiger partial charge in [0.15, 0.2) is 0 Å². The normalized spacial score (nSPS) is 27.5. The van der Waals surface area contributed by atoms with Crippen LogP contribution in [0, 0.1) is 0 Å². The lowest BCUT2D eigenvalue weighted by Crippen LogP contribution is -2.42. The molecule has 1 rings (SSSR count). The number of aliphatic hydroxyl groups excluding tert-OH is 1. The Kier molecular flexibility index (Phi) is 6.32. The van der Waals surface area contributed by atoms with E-state index < -0.39 is 0 Å². The second-order valence-electron chi connectivity index (χ2n) is 3.78. The maximum absolute atomic E-state index is 9.69. The minimum absolute atomic E-state index is 0.117. The number of hydrogen-bond donors (Lipinski definition) is 2. The highest BCUT2D eigenvalue weighted by Crippen LogP contribution is 2.18. The summed E-state index contributed by atoms with van der Waals surface area (Å²) in [5, 5.41) is 13.1. The summed E-state index contributed by atoms with van der Waals surface area (Å²) in [7, 11) is 0. The Morgan fingerprint density at radius 1 is 1.43 bits per heavy atom. The third kappa shape index (κ3) is 4.49. The van der Waals surface area contributed by atoms with Gasteiger partial charge in [0, 0.05) is 24.1 Å². The van der Waals surface area contributed by atoms with E-state index in [1.807, 2.05) is 17.8 Å². The Balaban J connectivity index is 2.01. The fourth-order valence-corrected chi connectivity index (χ4v) is 2.43. The van der Waals surface area contributed by atoms with Gasteiger partial charge < -0.3 is 10.4 Å². The molecule has 2 atom stereocenters. The molecule has 0 aromatic carbocycles. The monoisotopic (exact) mass is 215 g/mol. The number of nitrogens with one attached hydrogen (secondary N) is 1. The van der Waals surface area contributed by atoms with Crippen LogP contribution in [0.1, 0.15) is 25.7 Å². The first kappa shape index (κ1) is 12.1. The Labute approximate surface area is 91.2 Å². The van der Waals surface area contributed by atoms with Crippen molar-refractivity contribution in [2.24, 2.45) is 0 Å². The molecule has 2 N–H and O–H groups in total. The molecule has 14 heavy (non-hydrogen) atoms. The predicted octanol–water partition coefficient (Wildman–Crippen LogP) is 1.80. The van der Waals surface area contributed by atoms with Crippen molar-refractivity contribution in [2.45, 2.75) is 37.8 Å². The summed E-state index contributed by atoms with van der Waals surface area (Å²) in [6, 6.07) is 0.341. The molecule has 1 fully saturated rings. The maximum atomic E-state index is 9.69. The number of thioether (sulfide) groups is 1. The average Bonchev–Trinajstić information content (AvgIpc) is 2.20. The van der Waals surface area contributed by atoms with Gasteiger partial charge in [-0.3, -0.25) is 0 Å². The van der Waals surface area contributed by atoms with Gasteiger partial charge in [-0.2, -0.15) is 11.8 Å². The van der Waals surface area contributed by atoms with Crippen molar-refractivity contribution < 1.29 is 5.11 Å². The third-order valence-electron chi connectivity index (χ3n) is 2.62. The zero-order valence-electron chi connectivity index (χ0n) is 8.74. The number of aliphatic hydroxyl groups is 1. The molecule has 0 aromatic rings. The summed E-state index contributed by atoms with van der Waals surface area (Å²) in [6.07, 6.45) is 6.36. The van der Waals surface area contributed by atoms with E-state index in [-0.39, 0.29) is 6.10 Å². The lowest BCUT2D eigenvalue weighted by atomic mass is 9.93. The van der Waals surface area contributed by atoms with Crippen molar-refractivity contribution in [3.63, 3.8) is 0 Å². The van der Waals surface area contributed by atoms with Crippen molar-refractivity contribution in [3.05, 3.63) is 12.7 Å². The molecule has 0 bridgehead atoms. The molecule has 0 aliphatic heterocycles. The predicted molar refractivity (Wildman–Crippen MR) is 63.8 cm³/mol. The van der Waals surface area contributed by atoms with Crippen LogP contribution in [-0.4, -0.2) is 35.3 Å². The first-order valence-corrected chi connectivity index (χ1v) is 6.60. The molecule has 0 amide bonds. The van der Waals surface area contributed by atoms with E-state index in [1.165, 1.54) is 12.8 Å². The quantitative estimate of drug-likeness (QED) is 0.523. The van der Waals surface area contributed by atoms with E-state index >= 15 is 0 Å². The van der Waals surface area contributed by atoms with Crippen LogP contribution < -0.4 is 5.32 Å². The molecule has 1 aliphatic carbocycles. The highest BCUT2D eigenvalue weighted by molar-refractivity contribution is 7.99. The minimum Gasteiger partial charge on any atom is -0.392 e. The van der Waals surface area contributed by atoms with Gasteiger partial charge in [0.25, 0.3) is 0 Å². The van der Waals surface area contributed by atoms with E-state index in [0.29, 0.717) is 6.04 Å². The van der Waals surface area contributed by atoms with Crippen molar-refractivity contribution >= 4 is 11.8 Å². The van der Waals surface area contributed by atoms with Crippen LogP contribution in [0.4, 0.5) is 0 Å². The number of hydrogen-bond acceptors (Lipinski definition) is 3. The van der Waals surface area contributed by atoms with Crippen LogP contribution in [0.3, 0.4) is 0 Å². The van der Waals surface area contributed by atoms with E-state index in [1.54, 1.807) is 0 Å². The van der Waals surface area contributed by atoms with Gasteiger partial charge in [-0.25, -0.2) is 0 Å². The van der Waals surface area contributed by atoms with Crippen molar-refractivity contribution in [1.82, 2.24) is 5.32 Å². The molecule has 0 radical (unpaired) electrons. The molecule has 1 saturated carbocycles. The Bertz CT molecular complexity index is 163. The Morgan fingerprint density at radius 3 is 2.93 bits per heavy atom. The van der Waals surface area contributed by atoms with Gasteiger partial charge in [-0.05, 0) is 12.8 Å². The van der Waals surface area contributed by atoms with E-state index in [0.717, 1.165) is 30.9 Å². The van der Waals surface area contributed by atoms with Crippen molar-refractivity contribution in [2.75, 3.05) is 18.1 Å². The highest BCUT2D eigenvalue weighted by Gasteiger charge is 2.21. The zero-order valence-corrected chi connectivity index (χ0v) is 9.56. The SMILES string of the molecule is C=CCSCCN[C@H]1CCCC[C@@H]1O. The summed E-state index contributed by atoms with van der Waals surface area (Å²) in [6.45, 7) is 4.68. The Hall–Kier alpha value is 0.01000. The molecule has 1 aliphatic rings. The number of rotatable bonds is 6. The second kappa shape index (κ2) is 7.32. The lowest BCUT2D eigenvalue weighted by Gasteiger charge is -2.28. The molecule has 0 unspecified atom stereocenters. The fourth-order valence-electron chi connectivity index (χ4n) is 1.83. The Morgan fingerprint density at radius 2 is 2.21 bits per heavy atom. The molecule has 0 aromatic heterocycles. The second-order valence-corrected chi connectivity index (χ2v) is 4.93. The average molecular weight is 215 g/mol. The maximum Gasteiger partial charge on any atom is 0.0693 e. The molecule has 82 valence electrons. The third-order valence-corrected chi connectivity index (χ3v) is 3.58. The first-order valence-electron chi connectivity index (χ1n) is 5.44. The van der Waals surface area contributed by atoms with Gasteiger partial charge in [0.05, 0.1) is 6.10 Å². The van der Waals surface area contributed by atoms with Gasteiger partial charge in [-0.15, -0.1) is 6.58 Å². The van der Waals surface area contributed by atoms with E-state index in [9.17, 15) is 5.11 Å². The smallest absolute Gasteiger partial charge is 0.0693 e.